The van der Waals surface area contributed by atoms with Crippen LogP contribution in [-0.2, 0) is 0 Å². The maximum absolute atomic E-state index is 12.9. The van der Waals surface area contributed by atoms with Crippen molar-refractivity contribution in [3.05, 3.63) is 66.0 Å². The molecule has 0 fully saturated rings. The van der Waals surface area contributed by atoms with Gasteiger partial charge in [0.1, 0.15) is 5.82 Å². The molecule has 100 valence electrons. The number of hydrazone groups is 1. The van der Waals surface area contributed by atoms with Crippen molar-refractivity contribution < 1.29 is 9.18 Å². The molecule has 0 atom stereocenters. The third-order valence-electron chi connectivity index (χ3n) is 3.08. The predicted molar refractivity (Wildman–Crippen MR) is 75.3 cm³/mol. The minimum atomic E-state index is -0.330. The second kappa shape index (κ2) is 5.13. The third kappa shape index (κ3) is 2.38. The van der Waals surface area contributed by atoms with Gasteiger partial charge in [-0.2, -0.15) is 5.10 Å². The first-order valence-electron chi connectivity index (χ1n) is 6.19. The van der Waals surface area contributed by atoms with Crippen LogP contribution in [0.5, 0.6) is 0 Å². The van der Waals surface area contributed by atoms with Crippen LogP contribution in [0.4, 0.5) is 14.9 Å². The summed E-state index contributed by atoms with van der Waals surface area (Å²) in [6, 6.07) is 15.1. The first-order valence-corrected chi connectivity index (χ1v) is 6.19. The van der Waals surface area contributed by atoms with Crippen molar-refractivity contribution in [1.29, 1.82) is 0 Å². The lowest BCUT2D eigenvalue weighted by Gasteiger charge is -2.26. The van der Waals surface area contributed by atoms with Gasteiger partial charge < -0.3 is 0 Å². The lowest BCUT2D eigenvalue weighted by atomic mass is 10.1. The molecule has 0 spiro atoms. The minimum Gasteiger partial charge on any atom is -0.287 e. The van der Waals surface area contributed by atoms with E-state index in [2.05, 4.69) is 10.5 Å². The molecule has 0 saturated heterocycles. The van der Waals surface area contributed by atoms with Crippen molar-refractivity contribution in [1.82, 2.24) is 5.43 Å². The molecule has 4 nitrogen and oxygen atoms in total. The molecule has 20 heavy (non-hydrogen) atoms. The summed E-state index contributed by atoms with van der Waals surface area (Å²) in [6.45, 7) is 0.349. The minimum absolute atomic E-state index is 0.323. The highest BCUT2D eigenvalue weighted by molar-refractivity contribution is 6.10. The smallest absolute Gasteiger partial charge is 0.287 e. The SMILES string of the molecule is O=C1NN=C(c2ccccc2)CN1c1ccc(F)cc1. The van der Waals surface area contributed by atoms with Crippen molar-refractivity contribution in [2.24, 2.45) is 5.10 Å². The molecule has 2 amide bonds. The molecule has 0 bridgehead atoms. The third-order valence-corrected chi connectivity index (χ3v) is 3.08. The van der Waals surface area contributed by atoms with Crippen LogP contribution in [0.3, 0.4) is 0 Å². The molecule has 1 heterocycles. The van der Waals surface area contributed by atoms with Gasteiger partial charge in [-0.15, -0.1) is 0 Å². The van der Waals surface area contributed by atoms with E-state index in [4.69, 9.17) is 0 Å². The second-order valence-electron chi connectivity index (χ2n) is 4.40. The lowest BCUT2D eigenvalue weighted by Crippen LogP contribution is -2.46. The average molecular weight is 269 g/mol. The highest BCUT2D eigenvalue weighted by Crippen LogP contribution is 2.18. The van der Waals surface area contributed by atoms with E-state index in [-0.39, 0.29) is 11.8 Å². The van der Waals surface area contributed by atoms with Crippen LogP contribution in [0.25, 0.3) is 0 Å². The second-order valence-corrected chi connectivity index (χ2v) is 4.40. The van der Waals surface area contributed by atoms with Crippen LogP contribution in [-0.4, -0.2) is 18.3 Å². The molecule has 1 aliphatic heterocycles. The number of anilines is 1. The summed E-state index contributed by atoms with van der Waals surface area (Å²) in [5.74, 6) is -0.330. The number of carbonyl (C=O) groups excluding carboxylic acids is 1. The Balaban J connectivity index is 1.89. The van der Waals surface area contributed by atoms with Gasteiger partial charge in [-0.1, -0.05) is 30.3 Å². The molecule has 2 aromatic rings. The Bertz CT molecular complexity index is 653. The quantitative estimate of drug-likeness (QED) is 0.895. The fraction of sp³-hybridized carbons (Fsp3) is 0.0667. The Morgan fingerprint density at radius 3 is 2.45 bits per heavy atom. The van der Waals surface area contributed by atoms with Gasteiger partial charge in [0.25, 0.3) is 0 Å². The number of hydrogen-bond acceptors (Lipinski definition) is 2. The number of halogens is 1. The molecule has 3 rings (SSSR count). The summed E-state index contributed by atoms with van der Waals surface area (Å²) in [7, 11) is 0. The fourth-order valence-corrected chi connectivity index (χ4v) is 2.05. The summed E-state index contributed by atoms with van der Waals surface area (Å²) in [4.78, 5) is 13.4. The summed E-state index contributed by atoms with van der Waals surface area (Å²) in [5.41, 5.74) is 4.81. The van der Waals surface area contributed by atoms with Gasteiger partial charge in [0.05, 0.1) is 12.3 Å². The Hall–Kier alpha value is -2.69. The fourth-order valence-electron chi connectivity index (χ4n) is 2.05. The Labute approximate surface area is 115 Å². The first-order chi connectivity index (χ1) is 9.74. The zero-order chi connectivity index (χ0) is 13.9. The van der Waals surface area contributed by atoms with Crippen molar-refractivity contribution in [2.45, 2.75) is 0 Å². The largest absolute Gasteiger partial charge is 0.342 e. The molecule has 1 aliphatic rings. The van der Waals surface area contributed by atoms with E-state index in [0.29, 0.717) is 12.2 Å². The molecule has 2 aromatic carbocycles. The molecule has 1 N–H and O–H groups in total. The van der Waals surface area contributed by atoms with Crippen LogP contribution in [0.15, 0.2) is 59.7 Å². The molecule has 0 saturated carbocycles. The number of urea groups is 1. The highest BCUT2D eigenvalue weighted by Gasteiger charge is 2.22. The van der Waals surface area contributed by atoms with Crippen LogP contribution in [0, 0.1) is 5.82 Å². The van der Waals surface area contributed by atoms with E-state index < -0.39 is 0 Å². The molecule has 0 radical (unpaired) electrons. The van der Waals surface area contributed by atoms with Crippen LogP contribution < -0.4 is 10.3 Å². The topological polar surface area (TPSA) is 44.7 Å². The Morgan fingerprint density at radius 1 is 1.05 bits per heavy atom. The molecule has 0 aromatic heterocycles. The van der Waals surface area contributed by atoms with E-state index in [1.807, 2.05) is 30.3 Å². The summed E-state index contributed by atoms with van der Waals surface area (Å²) in [6.07, 6.45) is 0. The summed E-state index contributed by atoms with van der Waals surface area (Å²) in [5, 5.41) is 4.08. The van der Waals surface area contributed by atoms with E-state index in [0.717, 1.165) is 11.3 Å². The number of nitrogens with one attached hydrogen (secondary N) is 1. The molecule has 0 aliphatic carbocycles. The van der Waals surface area contributed by atoms with E-state index in [9.17, 15) is 9.18 Å². The first kappa shape index (κ1) is 12.3. The number of hydrogen-bond donors (Lipinski definition) is 1. The number of rotatable bonds is 2. The monoisotopic (exact) mass is 269 g/mol. The van der Waals surface area contributed by atoms with Crippen molar-refractivity contribution >= 4 is 17.4 Å². The number of carbonyl (C=O) groups is 1. The van der Waals surface area contributed by atoms with Crippen LogP contribution in [0.2, 0.25) is 0 Å². The summed E-state index contributed by atoms with van der Waals surface area (Å²) < 4.78 is 12.9. The molecular weight excluding hydrogens is 257 g/mol. The zero-order valence-electron chi connectivity index (χ0n) is 10.6. The van der Waals surface area contributed by atoms with Gasteiger partial charge in [0.15, 0.2) is 0 Å². The Morgan fingerprint density at radius 2 is 1.75 bits per heavy atom. The van der Waals surface area contributed by atoms with Crippen LogP contribution >= 0.6 is 0 Å². The molecular formula is C15H12FN3O. The van der Waals surface area contributed by atoms with Gasteiger partial charge in [-0.25, -0.2) is 14.6 Å². The van der Waals surface area contributed by atoms with Gasteiger partial charge in [-0.3, -0.25) is 4.90 Å². The number of benzene rings is 2. The van der Waals surface area contributed by atoms with Crippen molar-refractivity contribution in [3.63, 3.8) is 0 Å². The van der Waals surface area contributed by atoms with E-state index in [1.165, 1.54) is 17.0 Å². The van der Waals surface area contributed by atoms with Gasteiger partial charge in [0, 0.05) is 5.69 Å². The van der Waals surface area contributed by atoms with E-state index >= 15 is 0 Å². The van der Waals surface area contributed by atoms with Gasteiger partial charge in [-0.05, 0) is 29.8 Å². The van der Waals surface area contributed by atoms with Crippen LogP contribution in [0.1, 0.15) is 5.56 Å². The zero-order valence-corrected chi connectivity index (χ0v) is 10.6. The maximum Gasteiger partial charge on any atom is 0.342 e. The predicted octanol–water partition coefficient (Wildman–Crippen LogP) is 2.76. The van der Waals surface area contributed by atoms with Gasteiger partial charge >= 0.3 is 6.03 Å². The number of nitrogens with zero attached hydrogens (tertiary/aromatic N) is 2. The normalized spacial score (nSPS) is 14.8. The summed E-state index contributed by atoms with van der Waals surface area (Å²) >= 11 is 0. The Kier molecular flexibility index (Phi) is 3.16. The lowest BCUT2D eigenvalue weighted by molar-refractivity contribution is 0.246. The standard InChI is InChI=1S/C15H12FN3O/c16-12-6-8-13(9-7-12)19-10-14(17-18-15(19)20)11-4-2-1-3-5-11/h1-9H,10H2,(H,18,20). The van der Waals surface area contributed by atoms with E-state index in [1.54, 1.807) is 12.1 Å². The molecule has 0 unspecified atom stereocenters. The van der Waals surface area contributed by atoms with Crippen molar-refractivity contribution in [2.75, 3.05) is 11.4 Å². The molecule has 5 heteroatoms. The van der Waals surface area contributed by atoms with Gasteiger partial charge in [0.2, 0.25) is 0 Å². The van der Waals surface area contributed by atoms with Crippen molar-refractivity contribution in [3.8, 4) is 0 Å². The average Bonchev–Trinajstić information content (AvgIpc) is 2.50. The maximum atomic E-state index is 12.9. The highest BCUT2D eigenvalue weighted by atomic mass is 19.1. The number of amides is 2.